The van der Waals surface area contributed by atoms with Crippen LogP contribution in [0, 0.1) is 13.8 Å². The highest BCUT2D eigenvalue weighted by Crippen LogP contribution is 2.39. The maximum atomic E-state index is 13.1. The number of hydrogen-bond acceptors (Lipinski definition) is 4. The van der Waals surface area contributed by atoms with Crippen LogP contribution in [0.3, 0.4) is 0 Å². The molecule has 1 aromatic heterocycles. The number of amides is 1. The average molecular weight is 378 g/mol. The van der Waals surface area contributed by atoms with Crippen molar-refractivity contribution in [3.63, 3.8) is 0 Å². The zero-order valence-electron chi connectivity index (χ0n) is 15.7. The maximum Gasteiger partial charge on any atom is 0.268 e. The molecule has 4 nitrogen and oxygen atoms in total. The lowest BCUT2D eigenvalue weighted by Gasteiger charge is -2.34. The van der Waals surface area contributed by atoms with Crippen molar-refractivity contribution in [3.05, 3.63) is 64.0 Å². The number of hydrogen-bond donors (Lipinski definition) is 0. The summed E-state index contributed by atoms with van der Waals surface area (Å²) in [6.45, 7) is 6.59. The number of rotatable bonds is 4. The lowest BCUT2D eigenvalue weighted by molar-refractivity contribution is -0.126. The second-order valence-electron chi connectivity index (χ2n) is 6.80. The normalized spacial score (nSPS) is 16.2. The first-order valence-electron chi connectivity index (χ1n) is 9.16. The molecule has 0 N–H and O–H groups in total. The summed E-state index contributed by atoms with van der Waals surface area (Å²) in [4.78, 5) is 19.5. The molecule has 0 aliphatic carbocycles. The molecule has 1 amide bonds. The van der Waals surface area contributed by atoms with Crippen LogP contribution in [0.25, 0.3) is 11.3 Å². The van der Waals surface area contributed by atoms with E-state index in [0.717, 1.165) is 33.3 Å². The summed E-state index contributed by atoms with van der Waals surface area (Å²) in [6.07, 6.45) is 0.212. The minimum atomic E-state index is -0.436. The molecule has 0 radical (unpaired) electrons. The van der Waals surface area contributed by atoms with Gasteiger partial charge in [0, 0.05) is 10.9 Å². The predicted molar refractivity (Wildman–Crippen MR) is 109 cm³/mol. The molecule has 27 heavy (non-hydrogen) atoms. The van der Waals surface area contributed by atoms with Crippen LogP contribution < -0.4 is 9.64 Å². The Labute approximate surface area is 163 Å². The quantitative estimate of drug-likeness (QED) is 0.632. The first-order chi connectivity index (χ1) is 13.1. The fraction of sp³-hybridized carbons (Fsp3) is 0.273. The monoisotopic (exact) mass is 378 g/mol. The molecule has 0 saturated heterocycles. The van der Waals surface area contributed by atoms with E-state index >= 15 is 0 Å². The summed E-state index contributed by atoms with van der Waals surface area (Å²) in [5.41, 5.74) is 5.07. The molecule has 5 heteroatoms. The zero-order chi connectivity index (χ0) is 19.0. The van der Waals surface area contributed by atoms with Crippen molar-refractivity contribution in [2.24, 2.45) is 0 Å². The van der Waals surface area contributed by atoms with Gasteiger partial charge in [-0.25, -0.2) is 4.98 Å². The van der Waals surface area contributed by atoms with Gasteiger partial charge in [-0.05, 0) is 49.6 Å². The molecule has 1 unspecified atom stereocenters. The molecule has 0 bridgehead atoms. The molecule has 138 valence electrons. The summed E-state index contributed by atoms with van der Waals surface area (Å²) in [6, 6.07) is 14.2. The molecule has 2 aromatic carbocycles. The van der Waals surface area contributed by atoms with Crippen molar-refractivity contribution in [3.8, 4) is 17.0 Å². The number of anilines is 1. The number of ether oxygens (including phenoxy) is 1. The summed E-state index contributed by atoms with van der Waals surface area (Å²) in [5, 5.41) is 3.07. The number of nitrogens with zero attached hydrogens (tertiary/aromatic N) is 2. The average Bonchev–Trinajstić information content (AvgIpc) is 3.11. The number of carbonyl (C=O) groups is 1. The maximum absolute atomic E-state index is 13.1. The smallest absolute Gasteiger partial charge is 0.268 e. The molecule has 3 aromatic rings. The van der Waals surface area contributed by atoms with Crippen molar-refractivity contribution >= 4 is 22.9 Å². The molecule has 4 rings (SSSR count). The summed E-state index contributed by atoms with van der Waals surface area (Å²) < 4.78 is 5.98. The van der Waals surface area contributed by atoms with E-state index < -0.39 is 6.10 Å². The second-order valence-corrected chi connectivity index (χ2v) is 7.86. The van der Waals surface area contributed by atoms with Gasteiger partial charge in [-0.15, -0.1) is 11.3 Å². The molecular weight excluding hydrogens is 356 g/mol. The Hall–Kier alpha value is -2.66. The third-order valence-electron chi connectivity index (χ3n) is 4.94. The van der Waals surface area contributed by atoms with Crippen molar-refractivity contribution in [2.45, 2.75) is 39.8 Å². The van der Waals surface area contributed by atoms with Gasteiger partial charge in [0.05, 0.1) is 22.9 Å². The number of benzene rings is 2. The largest absolute Gasteiger partial charge is 0.478 e. The van der Waals surface area contributed by atoms with Crippen LogP contribution in [0.1, 0.15) is 29.5 Å². The van der Waals surface area contributed by atoms with E-state index in [9.17, 15) is 4.79 Å². The fourth-order valence-corrected chi connectivity index (χ4v) is 3.98. The van der Waals surface area contributed by atoms with Gasteiger partial charge in [0.25, 0.3) is 5.91 Å². The van der Waals surface area contributed by atoms with E-state index in [2.05, 4.69) is 24.0 Å². The highest BCUT2D eigenvalue weighted by Gasteiger charge is 2.33. The standard InChI is InChI=1S/C22H22N2O2S/c1-4-20-22(25)24(12-17-8-6-5-7-14(17)2)19-11-16(9-10-21(19)26-20)18-13-27-15(3)23-18/h5-11,13,20H,4,12H2,1-3H3. The van der Waals surface area contributed by atoms with E-state index in [0.29, 0.717) is 13.0 Å². The van der Waals surface area contributed by atoms with Gasteiger partial charge in [-0.2, -0.15) is 0 Å². The topological polar surface area (TPSA) is 42.4 Å². The minimum absolute atomic E-state index is 0.0138. The highest BCUT2D eigenvalue weighted by atomic mass is 32.1. The van der Waals surface area contributed by atoms with Crippen LogP contribution in [-0.4, -0.2) is 17.0 Å². The van der Waals surface area contributed by atoms with E-state index in [1.165, 1.54) is 5.56 Å². The number of carbonyl (C=O) groups excluding carboxylic acids is 1. The molecule has 1 aliphatic rings. The molecule has 0 spiro atoms. The Morgan fingerprint density at radius 2 is 2.00 bits per heavy atom. The van der Waals surface area contributed by atoms with Crippen molar-refractivity contribution in [1.82, 2.24) is 4.98 Å². The first-order valence-corrected chi connectivity index (χ1v) is 10.0. The number of fused-ring (bicyclic) bond motifs is 1. The van der Waals surface area contributed by atoms with Crippen molar-refractivity contribution in [2.75, 3.05) is 4.90 Å². The second kappa shape index (κ2) is 7.16. The molecular formula is C22H22N2O2S. The SMILES string of the molecule is CCC1Oc2ccc(-c3csc(C)n3)cc2N(Cc2ccccc2C)C1=O. The first kappa shape index (κ1) is 17.7. The Kier molecular flexibility index (Phi) is 4.70. The van der Waals surface area contributed by atoms with Crippen LogP contribution in [0.2, 0.25) is 0 Å². The highest BCUT2D eigenvalue weighted by molar-refractivity contribution is 7.09. The van der Waals surface area contributed by atoms with Gasteiger partial charge in [0.2, 0.25) is 0 Å². The third-order valence-corrected chi connectivity index (χ3v) is 5.71. The molecule has 0 saturated carbocycles. The predicted octanol–water partition coefficient (Wildman–Crippen LogP) is 5.13. The van der Waals surface area contributed by atoms with Crippen LogP contribution in [0.4, 0.5) is 5.69 Å². The summed E-state index contributed by atoms with van der Waals surface area (Å²) >= 11 is 1.62. The van der Waals surface area contributed by atoms with Gasteiger partial charge >= 0.3 is 0 Å². The van der Waals surface area contributed by atoms with Gasteiger partial charge in [0.1, 0.15) is 5.75 Å². The summed E-state index contributed by atoms with van der Waals surface area (Å²) in [7, 11) is 0. The summed E-state index contributed by atoms with van der Waals surface area (Å²) in [5.74, 6) is 0.769. The molecule has 1 atom stereocenters. The molecule has 1 aliphatic heterocycles. The number of thiazole rings is 1. The van der Waals surface area contributed by atoms with Crippen LogP contribution in [-0.2, 0) is 11.3 Å². The molecule has 0 fully saturated rings. The van der Waals surface area contributed by atoms with E-state index in [4.69, 9.17) is 4.74 Å². The Morgan fingerprint density at radius 1 is 1.19 bits per heavy atom. The minimum Gasteiger partial charge on any atom is -0.478 e. The van der Waals surface area contributed by atoms with E-state index in [-0.39, 0.29) is 5.91 Å². The van der Waals surface area contributed by atoms with Gasteiger partial charge < -0.3 is 9.64 Å². The lowest BCUT2D eigenvalue weighted by atomic mass is 10.0. The van der Waals surface area contributed by atoms with Gasteiger partial charge in [-0.3, -0.25) is 4.79 Å². The van der Waals surface area contributed by atoms with E-state index in [1.807, 2.05) is 54.5 Å². The molecule has 2 heterocycles. The van der Waals surface area contributed by atoms with Crippen LogP contribution >= 0.6 is 11.3 Å². The number of aryl methyl sites for hydroxylation is 2. The van der Waals surface area contributed by atoms with Gasteiger partial charge in [-0.1, -0.05) is 31.2 Å². The van der Waals surface area contributed by atoms with Crippen LogP contribution in [0.5, 0.6) is 5.75 Å². The zero-order valence-corrected chi connectivity index (χ0v) is 16.5. The third kappa shape index (κ3) is 3.35. The fourth-order valence-electron chi connectivity index (χ4n) is 3.36. The Balaban J connectivity index is 1.78. The number of aromatic nitrogens is 1. The Bertz CT molecular complexity index is 995. The van der Waals surface area contributed by atoms with Crippen LogP contribution in [0.15, 0.2) is 47.8 Å². The van der Waals surface area contributed by atoms with Crippen molar-refractivity contribution < 1.29 is 9.53 Å². The Morgan fingerprint density at radius 3 is 2.70 bits per heavy atom. The van der Waals surface area contributed by atoms with E-state index in [1.54, 1.807) is 11.3 Å². The van der Waals surface area contributed by atoms with Crippen molar-refractivity contribution in [1.29, 1.82) is 0 Å². The lowest BCUT2D eigenvalue weighted by Crippen LogP contribution is -2.45. The van der Waals surface area contributed by atoms with Gasteiger partial charge in [0.15, 0.2) is 6.10 Å².